The van der Waals surface area contributed by atoms with Gasteiger partial charge in [-0.15, -0.1) is 0 Å². The van der Waals surface area contributed by atoms with Gasteiger partial charge in [0.05, 0.1) is 12.5 Å². The van der Waals surface area contributed by atoms with Crippen LogP contribution >= 0.6 is 0 Å². The van der Waals surface area contributed by atoms with Crippen LogP contribution in [0.1, 0.15) is 31.7 Å². The van der Waals surface area contributed by atoms with Crippen LogP contribution in [0.15, 0.2) is 24.3 Å². The Hall–Kier alpha value is -1.88. The Morgan fingerprint density at radius 1 is 1.26 bits per heavy atom. The molecule has 5 heteroatoms. The van der Waals surface area contributed by atoms with E-state index in [1.165, 1.54) is 5.56 Å². The Labute approximate surface area is 137 Å². The van der Waals surface area contributed by atoms with Gasteiger partial charge in [-0.05, 0) is 55.2 Å². The third kappa shape index (κ3) is 3.39. The number of aryl methyl sites for hydroxylation is 1. The van der Waals surface area contributed by atoms with Crippen LogP contribution in [0.2, 0.25) is 0 Å². The van der Waals surface area contributed by atoms with Crippen molar-refractivity contribution in [3.8, 4) is 0 Å². The summed E-state index contributed by atoms with van der Waals surface area (Å²) in [4.78, 5) is 24.3. The van der Waals surface area contributed by atoms with E-state index >= 15 is 0 Å². The minimum atomic E-state index is -0.205. The zero-order chi connectivity index (χ0) is 16.4. The summed E-state index contributed by atoms with van der Waals surface area (Å²) in [5.74, 6) is 0.496. The maximum Gasteiger partial charge on any atom is 0.243 e. The molecule has 3 rings (SSSR count). The molecule has 0 heterocycles. The van der Waals surface area contributed by atoms with Crippen molar-refractivity contribution < 1.29 is 9.59 Å². The molecule has 2 bridgehead atoms. The van der Waals surface area contributed by atoms with Crippen molar-refractivity contribution in [3.05, 3.63) is 29.8 Å². The van der Waals surface area contributed by atoms with E-state index < -0.39 is 0 Å². The Kier molecular flexibility index (Phi) is 4.66. The van der Waals surface area contributed by atoms with E-state index in [9.17, 15) is 9.59 Å². The van der Waals surface area contributed by atoms with Crippen molar-refractivity contribution >= 4 is 17.5 Å². The molecule has 0 aliphatic heterocycles. The molecule has 4 unspecified atom stereocenters. The molecule has 2 saturated carbocycles. The van der Waals surface area contributed by atoms with Crippen LogP contribution in [0.5, 0.6) is 0 Å². The second kappa shape index (κ2) is 6.71. The van der Waals surface area contributed by atoms with Crippen molar-refractivity contribution in [2.75, 3.05) is 11.9 Å². The molecule has 0 aromatic heterocycles. The Morgan fingerprint density at radius 2 is 2.04 bits per heavy atom. The Bertz CT molecular complexity index is 600. The van der Waals surface area contributed by atoms with Crippen LogP contribution in [0.4, 0.5) is 5.69 Å². The van der Waals surface area contributed by atoms with Crippen LogP contribution in [0.3, 0.4) is 0 Å². The lowest BCUT2D eigenvalue weighted by Crippen LogP contribution is -2.46. The number of carbonyl (C=O) groups excluding carboxylic acids is 2. The number of benzene rings is 1. The quantitative estimate of drug-likeness (QED) is 0.773. The average Bonchev–Trinajstić information content (AvgIpc) is 3.14. The molecule has 0 radical (unpaired) electrons. The van der Waals surface area contributed by atoms with Crippen molar-refractivity contribution in [2.24, 2.45) is 23.5 Å². The minimum absolute atomic E-state index is 0.00417. The second-order valence-electron chi connectivity index (χ2n) is 6.76. The number of fused-ring (bicyclic) bond motifs is 2. The largest absolute Gasteiger partial charge is 0.347 e. The van der Waals surface area contributed by atoms with Gasteiger partial charge in [0.15, 0.2) is 0 Å². The number of anilines is 1. The first kappa shape index (κ1) is 16.0. The van der Waals surface area contributed by atoms with Crippen molar-refractivity contribution in [1.29, 1.82) is 0 Å². The smallest absolute Gasteiger partial charge is 0.243 e. The summed E-state index contributed by atoms with van der Waals surface area (Å²) < 4.78 is 0. The summed E-state index contributed by atoms with van der Waals surface area (Å²) in [7, 11) is 0. The van der Waals surface area contributed by atoms with Gasteiger partial charge in [0, 0.05) is 11.7 Å². The van der Waals surface area contributed by atoms with Gasteiger partial charge in [-0.3, -0.25) is 9.59 Å². The molecular formula is C18H25N3O2. The molecule has 2 amide bonds. The van der Waals surface area contributed by atoms with E-state index in [0.29, 0.717) is 11.8 Å². The lowest BCUT2D eigenvalue weighted by Gasteiger charge is -2.26. The Balaban J connectivity index is 1.50. The number of nitrogens with two attached hydrogens (primary N) is 1. The maximum atomic E-state index is 12.3. The molecule has 23 heavy (non-hydrogen) atoms. The monoisotopic (exact) mass is 315 g/mol. The van der Waals surface area contributed by atoms with E-state index in [2.05, 4.69) is 17.6 Å². The first-order valence-electron chi connectivity index (χ1n) is 8.50. The van der Waals surface area contributed by atoms with E-state index in [4.69, 9.17) is 5.73 Å². The number of hydrogen-bond acceptors (Lipinski definition) is 3. The number of carbonyl (C=O) groups is 2. The highest BCUT2D eigenvalue weighted by molar-refractivity contribution is 5.95. The van der Waals surface area contributed by atoms with Crippen LogP contribution in [-0.2, 0) is 16.0 Å². The van der Waals surface area contributed by atoms with Crippen LogP contribution in [0, 0.1) is 17.8 Å². The van der Waals surface area contributed by atoms with Gasteiger partial charge in [-0.2, -0.15) is 0 Å². The minimum Gasteiger partial charge on any atom is -0.347 e. The van der Waals surface area contributed by atoms with Crippen molar-refractivity contribution in [2.45, 2.75) is 38.6 Å². The third-order valence-corrected chi connectivity index (χ3v) is 5.33. The molecular weight excluding hydrogens is 290 g/mol. The number of hydrogen-bond donors (Lipinski definition) is 3. The van der Waals surface area contributed by atoms with Gasteiger partial charge in [0.2, 0.25) is 11.8 Å². The molecule has 5 nitrogen and oxygen atoms in total. The number of nitrogens with one attached hydrogen (secondary N) is 2. The summed E-state index contributed by atoms with van der Waals surface area (Å²) in [5.41, 5.74) is 8.10. The van der Waals surface area contributed by atoms with E-state index in [1.807, 2.05) is 24.3 Å². The van der Waals surface area contributed by atoms with Gasteiger partial charge in [-0.1, -0.05) is 19.1 Å². The lowest BCUT2D eigenvalue weighted by molar-refractivity contribution is -0.129. The fourth-order valence-electron chi connectivity index (χ4n) is 4.08. The lowest BCUT2D eigenvalue weighted by atomic mass is 9.84. The first-order valence-corrected chi connectivity index (χ1v) is 8.50. The molecule has 1 aromatic carbocycles. The van der Waals surface area contributed by atoms with E-state index in [0.717, 1.165) is 31.4 Å². The molecule has 1 aromatic rings. The molecule has 0 spiro atoms. The average molecular weight is 315 g/mol. The molecule has 2 aliphatic rings. The standard InChI is InChI=1S/C18H25N3O2/c1-2-11-4-3-5-14(8-11)21-15(22)10-20-18(23)16-12-6-7-13(9-12)17(16)19/h3-5,8,12-13,16-17H,2,6-7,9-10,19H2,1H3,(H,20,23)(H,21,22). The van der Waals surface area contributed by atoms with Crippen LogP contribution < -0.4 is 16.4 Å². The Morgan fingerprint density at radius 3 is 2.74 bits per heavy atom. The zero-order valence-electron chi connectivity index (χ0n) is 13.5. The predicted octanol–water partition coefficient (Wildman–Crippen LogP) is 1.68. The molecule has 2 aliphatic carbocycles. The summed E-state index contributed by atoms with van der Waals surface area (Å²) in [6.45, 7) is 2.06. The highest BCUT2D eigenvalue weighted by atomic mass is 16.2. The topological polar surface area (TPSA) is 84.2 Å². The van der Waals surface area contributed by atoms with Crippen LogP contribution in [0.25, 0.3) is 0 Å². The number of rotatable bonds is 5. The van der Waals surface area contributed by atoms with Crippen molar-refractivity contribution in [3.63, 3.8) is 0 Å². The normalized spacial score (nSPS) is 28.6. The summed E-state index contributed by atoms with van der Waals surface area (Å²) >= 11 is 0. The summed E-state index contributed by atoms with van der Waals surface area (Å²) in [6, 6.07) is 7.70. The fraction of sp³-hybridized carbons (Fsp3) is 0.556. The molecule has 124 valence electrons. The number of amides is 2. The second-order valence-corrected chi connectivity index (χ2v) is 6.76. The van der Waals surface area contributed by atoms with E-state index in [1.54, 1.807) is 0 Å². The molecule has 4 N–H and O–H groups in total. The third-order valence-electron chi connectivity index (χ3n) is 5.33. The van der Waals surface area contributed by atoms with Gasteiger partial charge < -0.3 is 16.4 Å². The van der Waals surface area contributed by atoms with Gasteiger partial charge in [0.25, 0.3) is 0 Å². The predicted molar refractivity (Wildman–Crippen MR) is 89.8 cm³/mol. The van der Waals surface area contributed by atoms with Crippen molar-refractivity contribution in [1.82, 2.24) is 5.32 Å². The van der Waals surface area contributed by atoms with Gasteiger partial charge in [0.1, 0.15) is 0 Å². The van der Waals surface area contributed by atoms with Crippen LogP contribution in [-0.4, -0.2) is 24.4 Å². The molecule has 2 fully saturated rings. The maximum absolute atomic E-state index is 12.3. The first-order chi connectivity index (χ1) is 11.1. The SMILES string of the molecule is CCc1cccc(NC(=O)CNC(=O)C2C3CCC(C3)C2N)c1. The zero-order valence-corrected chi connectivity index (χ0v) is 13.5. The molecule has 0 saturated heterocycles. The summed E-state index contributed by atoms with van der Waals surface area (Å²) in [6.07, 6.45) is 4.22. The highest BCUT2D eigenvalue weighted by Gasteiger charge is 2.48. The highest BCUT2D eigenvalue weighted by Crippen LogP contribution is 2.47. The van der Waals surface area contributed by atoms with E-state index in [-0.39, 0.29) is 30.3 Å². The fourth-order valence-corrected chi connectivity index (χ4v) is 4.08. The molecule has 4 atom stereocenters. The van der Waals surface area contributed by atoms with Gasteiger partial charge in [-0.25, -0.2) is 0 Å². The van der Waals surface area contributed by atoms with Gasteiger partial charge >= 0.3 is 0 Å². The summed E-state index contributed by atoms with van der Waals surface area (Å²) in [5, 5.41) is 5.58.